The zero-order valence-corrected chi connectivity index (χ0v) is 16.7. The highest BCUT2D eigenvalue weighted by molar-refractivity contribution is 5.77. The first kappa shape index (κ1) is 23.5. The number of hydrogen-bond acceptors (Lipinski definition) is 3. The summed E-state index contributed by atoms with van der Waals surface area (Å²) < 4.78 is 120. The van der Waals surface area contributed by atoms with E-state index in [0.717, 1.165) is 7.11 Å². The minimum atomic E-state index is -5.23. The maximum absolute atomic E-state index is 14.2. The molecule has 0 aliphatic heterocycles. The molecular weight excluding hydrogens is 428 g/mol. The van der Waals surface area contributed by atoms with Crippen molar-refractivity contribution in [3.05, 3.63) is 0 Å². The summed E-state index contributed by atoms with van der Waals surface area (Å²) in [4.78, 5) is 11.8. The second kappa shape index (κ2) is 6.68. The molecule has 3 atom stereocenters. The molecule has 0 spiro atoms. The predicted octanol–water partition coefficient (Wildman–Crippen LogP) is 5.67. The molecule has 11 heteroatoms. The van der Waals surface area contributed by atoms with Crippen molar-refractivity contribution in [2.75, 3.05) is 7.11 Å². The molecule has 30 heavy (non-hydrogen) atoms. The van der Waals surface area contributed by atoms with Crippen molar-refractivity contribution in [2.45, 2.75) is 81.8 Å². The maximum atomic E-state index is 14.2. The van der Waals surface area contributed by atoms with Crippen LogP contribution in [-0.4, -0.2) is 42.6 Å². The Labute approximate surface area is 168 Å². The van der Waals surface area contributed by atoms with E-state index in [9.17, 15) is 39.9 Å². The van der Waals surface area contributed by atoms with Crippen molar-refractivity contribution in [2.24, 2.45) is 23.2 Å². The fraction of sp³-hybridized carbons (Fsp3) is 0.947. The number of rotatable bonds is 5. The number of carbonyl (C=O) groups is 1. The van der Waals surface area contributed by atoms with Crippen molar-refractivity contribution in [1.82, 2.24) is 0 Å². The first-order valence-electron chi connectivity index (χ1n) is 9.69. The Balaban J connectivity index is 2.04. The van der Waals surface area contributed by atoms with Gasteiger partial charge < -0.3 is 9.47 Å². The standard InChI is InChI=1S/C19H24F8O3/c1-14(19(25,26)27,9-17(22,23)24)18(29-3)11-4-10-5-12(18)8-16(6-10,7-11)30-13(28)15(2,20)21/h10-12H,4-9H2,1-3H3. The molecule has 0 amide bonds. The third-order valence-electron chi connectivity index (χ3n) is 7.39. The summed E-state index contributed by atoms with van der Waals surface area (Å²) in [5.41, 5.74) is -6.84. The zero-order chi connectivity index (χ0) is 23.0. The Morgan fingerprint density at radius 1 is 0.933 bits per heavy atom. The molecule has 3 nitrogen and oxygen atoms in total. The zero-order valence-electron chi connectivity index (χ0n) is 16.7. The molecule has 4 saturated carbocycles. The van der Waals surface area contributed by atoms with Gasteiger partial charge >= 0.3 is 24.2 Å². The molecule has 0 saturated heterocycles. The van der Waals surface area contributed by atoms with Crippen LogP contribution < -0.4 is 0 Å². The molecule has 4 aliphatic rings. The average molecular weight is 452 g/mol. The predicted molar refractivity (Wildman–Crippen MR) is 87.6 cm³/mol. The second-order valence-corrected chi connectivity index (χ2v) is 9.42. The molecular formula is C19H24F8O3. The van der Waals surface area contributed by atoms with Crippen molar-refractivity contribution in [1.29, 1.82) is 0 Å². The third kappa shape index (κ3) is 3.48. The number of ether oxygens (including phenoxy) is 2. The summed E-state index contributed by atoms with van der Waals surface area (Å²) in [5, 5.41) is 0. The fourth-order valence-electron chi connectivity index (χ4n) is 6.63. The Hall–Kier alpha value is -1.13. The van der Waals surface area contributed by atoms with Crippen LogP contribution in [-0.2, 0) is 14.3 Å². The van der Waals surface area contributed by atoms with Crippen LogP contribution >= 0.6 is 0 Å². The maximum Gasteiger partial charge on any atom is 0.397 e. The van der Waals surface area contributed by atoms with Gasteiger partial charge in [-0.15, -0.1) is 0 Å². The minimum Gasteiger partial charge on any atom is -0.455 e. The van der Waals surface area contributed by atoms with E-state index in [1.54, 1.807) is 0 Å². The lowest BCUT2D eigenvalue weighted by Gasteiger charge is -2.68. The van der Waals surface area contributed by atoms with Crippen LogP contribution in [0.4, 0.5) is 35.1 Å². The van der Waals surface area contributed by atoms with Crippen LogP contribution in [0.2, 0.25) is 0 Å². The molecule has 0 heterocycles. The molecule has 0 aromatic heterocycles. The fourth-order valence-corrected chi connectivity index (χ4v) is 6.63. The molecule has 0 N–H and O–H groups in total. The van der Waals surface area contributed by atoms with Gasteiger partial charge in [-0.2, -0.15) is 35.1 Å². The number of hydrogen-bond donors (Lipinski definition) is 0. The molecule has 174 valence electrons. The molecule has 4 fully saturated rings. The molecule has 0 aromatic rings. The van der Waals surface area contributed by atoms with Crippen molar-refractivity contribution in [3.63, 3.8) is 0 Å². The van der Waals surface area contributed by atoms with Crippen molar-refractivity contribution >= 4 is 5.97 Å². The van der Waals surface area contributed by atoms with Crippen molar-refractivity contribution < 1.29 is 49.4 Å². The molecule has 0 aromatic carbocycles. The molecule has 4 aliphatic carbocycles. The SMILES string of the molecule is COC1(C(C)(CC(F)(F)F)C(F)(F)F)C2CC3CC1CC(OC(=O)C(C)(F)F)(C3)C2. The average Bonchev–Trinajstić information content (AvgIpc) is 2.50. The van der Waals surface area contributed by atoms with Gasteiger partial charge in [0.1, 0.15) is 11.0 Å². The van der Waals surface area contributed by atoms with Crippen LogP contribution in [0.1, 0.15) is 52.4 Å². The Morgan fingerprint density at radius 2 is 1.43 bits per heavy atom. The lowest BCUT2D eigenvalue weighted by molar-refractivity contribution is -0.366. The second-order valence-electron chi connectivity index (χ2n) is 9.42. The van der Waals surface area contributed by atoms with Gasteiger partial charge in [0.25, 0.3) is 0 Å². The quantitative estimate of drug-likeness (QED) is 0.398. The summed E-state index contributed by atoms with van der Waals surface area (Å²) in [6, 6.07) is 0. The van der Waals surface area contributed by atoms with Crippen LogP contribution in [0.25, 0.3) is 0 Å². The van der Waals surface area contributed by atoms with E-state index in [4.69, 9.17) is 9.47 Å². The first-order chi connectivity index (χ1) is 13.4. The summed E-state index contributed by atoms with van der Waals surface area (Å²) in [6.07, 6.45) is -12.4. The van der Waals surface area contributed by atoms with Gasteiger partial charge in [0.2, 0.25) is 0 Å². The molecule has 4 bridgehead atoms. The summed E-state index contributed by atoms with van der Waals surface area (Å²) >= 11 is 0. The Bertz CT molecular complexity index is 679. The van der Waals surface area contributed by atoms with E-state index in [2.05, 4.69) is 0 Å². The van der Waals surface area contributed by atoms with E-state index < -0.39 is 59.1 Å². The highest BCUT2D eigenvalue weighted by atomic mass is 19.4. The highest BCUT2D eigenvalue weighted by Crippen LogP contribution is 2.70. The lowest BCUT2D eigenvalue weighted by Crippen LogP contribution is -2.73. The summed E-state index contributed by atoms with van der Waals surface area (Å²) in [5.74, 6) is -7.81. The van der Waals surface area contributed by atoms with Gasteiger partial charge in [-0.3, -0.25) is 0 Å². The lowest BCUT2D eigenvalue weighted by atomic mass is 9.42. The normalized spacial score (nSPS) is 38.4. The first-order valence-corrected chi connectivity index (χ1v) is 9.69. The van der Waals surface area contributed by atoms with E-state index in [1.807, 2.05) is 0 Å². The molecule has 0 radical (unpaired) electrons. The van der Waals surface area contributed by atoms with Gasteiger partial charge in [0.05, 0.1) is 12.0 Å². The van der Waals surface area contributed by atoms with E-state index in [-0.39, 0.29) is 38.0 Å². The smallest absolute Gasteiger partial charge is 0.397 e. The summed E-state index contributed by atoms with van der Waals surface area (Å²) in [7, 11) is 0.974. The van der Waals surface area contributed by atoms with Crippen LogP contribution in [0.5, 0.6) is 0 Å². The van der Waals surface area contributed by atoms with Crippen molar-refractivity contribution in [3.8, 4) is 0 Å². The van der Waals surface area contributed by atoms with Gasteiger partial charge in [0.15, 0.2) is 0 Å². The number of halogens is 8. The monoisotopic (exact) mass is 452 g/mol. The largest absolute Gasteiger partial charge is 0.455 e. The van der Waals surface area contributed by atoms with E-state index in [1.165, 1.54) is 0 Å². The van der Waals surface area contributed by atoms with E-state index in [0.29, 0.717) is 13.8 Å². The number of carbonyl (C=O) groups excluding carboxylic acids is 1. The summed E-state index contributed by atoms with van der Waals surface area (Å²) in [6.45, 7) is 0.893. The third-order valence-corrected chi connectivity index (χ3v) is 7.39. The van der Waals surface area contributed by atoms with Gasteiger partial charge in [-0.25, -0.2) is 4.79 Å². The Kier molecular flexibility index (Phi) is 5.24. The molecule has 4 rings (SSSR count). The van der Waals surface area contributed by atoms with Gasteiger partial charge in [-0.05, 0) is 56.8 Å². The van der Waals surface area contributed by atoms with Crippen LogP contribution in [0.3, 0.4) is 0 Å². The van der Waals surface area contributed by atoms with Crippen LogP contribution in [0.15, 0.2) is 0 Å². The topological polar surface area (TPSA) is 35.5 Å². The van der Waals surface area contributed by atoms with E-state index >= 15 is 0 Å². The van der Waals surface area contributed by atoms with Crippen LogP contribution in [0, 0.1) is 23.2 Å². The van der Waals surface area contributed by atoms with Gasteiger partial charge in [-0.1, -0.05) is 0 Å². The van der Waals surface area contributed by atoms with Gasteiger partial charge in [0, 0.05) is 14.0 Å². The molecule has 3 unspecified atom stereocenters. The highest BCUT2D eigenvalue weighted by Gasteiger charge is 2.76. The number of alkyl halides is 8. The minimum absolute atomic E-state index is 0.162. The number of methoxy groups -OCH3 is 1. The Morgan fingerprint density at radius 3 is 1.80 bits per heavy atom. The number of esters is 1.